The highest BCUT2D eigenvalue weighted by Crippen LogP contribution is 2.30. The molecule has 5 rings (SSSR count). The summed E-state index contributed by atoms with van der Waals surface area (Å²) in [5.74, 6) is -0.272. The Morgan fingerprint density at radius 2 is 1.46 bits per heavy atom. The molecule has 1 aliphatic carbocycles. The molecule has 0 spiro atoms. The number of amides is 2. The zero-order valence-electron chi connectivity index (χ0n) is 26.7. The molecule has 252 valence electrons. The van der Waals surface area contributed by atoms with E-state index in [1.54, 1.807) is 37.4 Å². The third-order valence-corrected chi connectivity index (χ3v) is 10.7. The summed E-state index contributed by atoms with van der Waals surface area (Å²) in [7, 11) is -2.72. The molecular formula is C37H39Cl2N3O5S. The average molecular weight is 709 g/mol. The Morgan fingerprint density at radius 1 is 0.833 bits per heavy atom. The number of hydrogen-bond acceptors (Lipinski definition) is 5. The van der Waals surface area contributed by atoms with Crippen molar-refractivity contribution in [1.29, 1.82) is 0 Å². The highest BCUT2D eigenvalue weighted by Gasteiger charge is 2.35. The Labute approximate surface area is 292 Å². The van der Waals surface area contributed by atoms with Crippen molar-refractivity contribution < 1.29 is 22.7 Å². The molecule has 0 unspecified atom stereocenters. The number of rotatable bonds is 13. The van der Waals surface area contributed by atoms with Gasteiger partial charge in [0.05, 0.1) is 17.7 Å². The fourth-order valence-corrected chi connectivity index (χ4v) is 7.93. The molecule has 48 heavy (non-hydrogen) atoms. The summed E-state index contributed by atoms with van der Waals surface area (Å²) < 4.78 is 34.8. The van der Waals surface area contributed by atoms with E-state index in [4.69, 9.17) is 27.9 Å². The van der Waals surface area contributed by atoms with Gasteiger partial charge in [-0.25, -0.2) is 8.42 Å². The van der Waals surface area contributed by atoms with Crippen LogP contribution >= 0.6 is 23.2 Å². The Balaban J connectivity index is 1.58. The minimum Gasteiger partial charge on any atom is -0.497 e. The SMILES string of the molecule is COc1cccc(CN(C(=O)CN(c2cc(Cl)cc(Cl)c2)S(=O)(=O)c2ccccc2)[C@@H](Cc2ccccc2)C(=O)NC2CCCCC2)c1. The molecule has 0 bridgehead atoms. The van der Waals surface area contributed by atoms with E-state index in [0.29, 0.717) is 5.75 Å². The van der Waals surface area contributed by atoms with E-state index in [-0.39, 0.29) is 45.5 Å². The van der Waals surface area contributed by atoms with Crippen molar-refractivity contribution in [2.45, 2.75) is 62.0 Å². The number of anilines is 1. The van der Waals surface area contributed by atoms with E-state index >= 15 is 0 Å². The fourth-order valence-electron chi connectivity index (χ4n) is 6.00. The largest absolute Gasteiger partial charge is 0.497 e. The highest BCUT2D eigenvalue weighted by atomic mass is 35.5. The predicted molar refractivity (Wildman–Crippen MR) is 190 cm³/mol. The molecule has 1 fully saturated rings. The lowest BCUT2D eigenvalue weighted by atomic mass is 9.94. The number of nitrogens with zero attached hydrogens (tertiary/aromatic N) is 2. The first-order valence-electron chi connectivity index (χ1n) is 15.9. The van der Waals surface area contributed by atoms with Gasteiger partial charge in [-0.1, -0.05) is 103 Å². The number of carbonyl (C=O) groups excluding carboxylic acids is 2. The standard InChI is InChI=1S/C37H39Cl2N3O5S/c1-47-33-17-11-14-28(20-33)25-41(35(21-27-12-5-2-6-13-27)37(44)40-31-15-7-3-8-16-31)36(43)26-42(32-23-29(38)22-30(39)24-32)48(45,46)34-18-9-4-10-19-34/h2,4-6,9-14,17-20,22-24,31,35H,3,7-8,15-16,21,25-26H2,1H3,(H,40,44)/t35-/m0/s1. The number of nitrogens with one attached hydrogen (secondary N) is 1. The molecule has 0 heterocycles. The van der Waals surface area contributed by atoms with Gasteiger partial charge in [-0.05, 0) is 66.4 Å². The molecule has 4 aromatic carbocycles. The quantitative estimate of drug-likeness (QED) is 0.158. The maximum atomic E-state index is 14.7. The van der Waals surface area contributed by atoms with Gasteiger partial charge in [0, 0.05) is 29.1 Å². The summed E-state index contributed by atoms with van der Waals surface area (Å²) in [5, 5.41) is 3.63. The van der Waals surface area contributed by atoms with Crippen molar-refractivity contribution in [3.63, 3.8) is 0 Å². The number of carbonyl (C=O) groups is 2. The van der Waals surface area contributed by atoms with Crippen molar-refractivity contribution in [2.75, 3.05) is 18.0 Å². The van der Waals surface area contributed by atoms with Crippen LogP contribution in [0.3, 0.4) is 0 Å². The molecule has 8 nitrogen and oxygen atoms in total. The van der Waals surface area contributed by atoms with Crippen molar-refractivity contribution in [1.82, 2.24) is 10.2 Å². The summed E-state index contributed by atoms with van der Waals surface area (Å²) in [6.45, 7) is -0.582. The lowest BCUT2D eigenvalue weighted by Gasteiger charge is -2.35. The summed E-state index contributed by atoms with van der Waals surface area (Å²) in [5.41, 5.74) is 1.70. The van der Waals surface area contributed by atoms with Crippen LogP contribution in [0.25, 0.3) is 0 Å². The summed E-state index contributed by atoms with van der Waals surface area (Å²) in [6.07, 6.45) is 5.13. The lowest BCUT2D eigenvalue weighted by Crippen LogP contribution is -2.55. The van der Waals surface area contributed by atoms with E-state index in [2.05, 4.69) is 5.32 Å². The van der Waals surface area contributed by atoms with Gasteiger partial charge in [-0.3, -0.25) is 13.9 Å². The third-order valence-electron chi connectivity index (χ3n) is 8.46. The number of sulfonamides is 1. The fraction of sp³-hybridized carbons (Fsp3) is 0.297. The summed E-state index contributed by atoms with van der Waals surface area (Å²) in [6, 6.07) is 28.0. The molecule has 0 radical (unpaired) electrons. The maximum Gasteiger partial charge on any atom is 0.264 e. The minimum atomic E-state index is -4.28. The van der Waals surface area contributed by atoms with Crippen LogP contribution in [0, 0.1) is 0 Å². The van der Waals surface area contributed by atoms with Crippen molar-refractivity contribution in [3.05, 3.63) is 124 Å². The number of hydrogen-bond donors (Lipinski definition) is 1. The van der Waals surface area contributed by atoms with Gasteiger partial charge in [-0.2, -0.15) is 0 Å². The Bertz CT molecular complexity index is 1780. The first kappa shape index (κ1) is 35.3. The smallest absolute Gasteiger partial charge is 0.264 e. The second-order valence-electron chi connectivity index (χ2n) is 11.9. The van der Waals surface area contributed by atoms with Gasteiger partial charge < -0.3 is 15.0 Å². The van der Waals surface area contributed by atoms with Crippen LogP contribution in [0.1, 0.15) is 43.2 Å². The van der Waals surface area contributed by atoms with Crippen LogP contribution in [0.2, 0.25) is 10.0 Å². The molecule has 2 amide bonds. The van der Waals surface area contributed by atoms with Crippen LogP contribution in [0.4, 0.5) is 5.69 Å². The van der Waals surface area contributed by atoms with Gasteiger partial charge >= 0.3 is 0 Å². The zero-order chi connectivity index (χ0) is 34.1. The van der Waals surface area contributed by atoms with Crippen molar-refractivity contribution in [2.24, 2.45) is 0 Å². The zero-order valence-corrected chi connectivity index (χ0v) is 29.1. The van der Waals surface area contributed by atoms with Gasteiger partial charge in [0.15, 0.2) is 0 Å². The van der Waals surface area contributed by atoms with Crippen LogP contribution in [0.15, 0.2) is 108 Å². The highest BCUT2D eigenvalue weighted by molar-refractivity contribution is 7.92. The van der Waals surface area contributed by atoms with E-state index in [1.807, 2.05) is 42.5 Å². The average Bonchev–Trinajstić information content (AvgIpc) is 3.09. The number of methoxy groups -OCH3 is 1. The summed E-state index contributed by atoms with van der Waals surface area (Å²) >= 11 is 12.7. The van der Waals surface area contributed by atoms with Gasteiger partial charge in [0.2, 0.25) is 11.8 Å². The molecule has 1 aliphatic rings. The van der Waals surface area contributed by atoms with E-state index in [9.17, 15) is 18.0 Å². The predicted octanol–water partition coefficient (Wildman–Crippen LogP) is 7.29. The summed E-state index contributed by atoms with van der Waals surface area (Å²) in [4.78, 5) is 30.4. The molecule has 0 saturated heterocycles. The second kappa shape index (κ2) is 16.4. The van der Waals surface area contributed by atoms with Crippen LogP contribution in [0.5, 0.6) is 5.75 Å². The normalized spacial score (nSPS) is 14.1. The van der Waals surface area contributed by atoms with Gasteiger partial charge in [0.25, 0.3) is 10.0 Å². The molecule has 1 N–H and O–H groups in total. The molecule has 4 aromatic rings. The van der Waals surface area contributed by atoms with Crippen molar-refractivity contribution >= 4 is 50.7 Å². The number of benzene rings is 4. The third kappa shape index (κ3) is 9.09. The molecule has 0 aliphatic heterocycles. The van der Waals surface area contributed by atoms with Crippen molar-refractivity contribution in [3.8, 4) is 5.75 Å². The maximum absolute atomic E-state index is 14.7. The Morgan fingerprint density at radius 3 is 2.10 bits per heavy atom. The number of ether oxygens (including phenoxy) is 1. The molecule has 1 atom stereocenters. The topological polar surface area (TPSA) is 96.0 Å². The monoisotopic (exact) mass is 707 g/mol. The molecular weight excluding hydrogens is 669 g/mol. The Kier molecular flexibility index (Phi) is 12.0. The molecule has 1 saturated carbocycles. The minimum absolute atomic E-state index is 0.00172. The second-order valence-corrected chi connectivity index (χ2v) is 14.6. The van der Waals surface area contributed by atoms with E-state index in [0.717, 1.165) is 47.5 Å². The number of halogens is 2. The van der Waals surface area contributed by atoms with Gasteiger partial charge in [-0.15, -0.1) is 0 Å². The van der Waals surface area contributed by atoms with Gasteiger partial charge in [0.1, 0.15) is 18.3 Å². The van der Waals surface area contributed by atoms with Crippen LogP contribution < -0.4 is 14.4 Å². The van der Waals surface area contributed by atoms with E-state index < -0.39 is 28.5 Å². The van der Waals surface area contributed by atoms with E-state index in [1.165, 1.54) is 35.2 Å². The molecule has 0 aromatic heterocycles. The Hall–Kier alpha value is -4.05. The lowest BCUT2D eigenvalue weighted by molar-refractivity contribution is -0.140. The van der Waals surface area contributed by atoms with Crippen LogP contribution in [-0.2, 0) is 32.6 Å². The first-order chi connectivity index (χ1) is 23.1. The molecule has 11 heteroatoms. The van der Waals surface area contributed by atoms with Crippen LogP contribution in [-0.4, -0.2) is 50.9 Å². The first-order valence-corrected chi connectivity index (χ1v) is 18.1.